The van der Waals surface area contributed by atoms with Crippen LogP contribution in [-0.2, 0) is 20.5 Å². The van der Waals surface area contributed by atoms with Crippen molar-refractivity contribution in [1.82, 2.24) is 5.32 Å². The zero-order chi connectivity index (χ0) is 45.4. The van der Waals surface area contributed by atoms with Gasteiger partial charge in [-0.15, -0.1) is 0 Å². The fraction of sp³-hybridized carbons (Fsp3) is 0.316. The Morgan fingerprint density at radius 1 is 0.773 bits per heavy atom. The van der Waals surface area contributed by atoms with E-state index in [2.05, 4.69) is 174 Å². The predicted octanol–water partition coefficient (Wildman–Crippen LogP) is 11.1. The molecule has 3 aliphatic heterocycles. The number of anilines is 3. The predicted molar refractivity (Wildman–Crippen MR) is 268 cm³/mol. The molecule has 1 amide bonds. The Labute approximate surface area is 389 Å². The number of rotatable bonds is 12. The summed E-state index contributed by atoms with van der Waals surface area (Å²) in [6.07, 6.45) is 5.42. The maximum Gasteiger partial charge on any atom is 0.407 e. The lowest BCUT2D eigenvalue weighted by molar-refractivity contribution is 0.0796. The van der Waals surface area contributed by atoms with Crippen molar-refractivity contribution in [2.45, 2.75) is 50.7 Å². The summed E-state index contributed by atoms with van der Waals surface area (Å²) in [6.45, 7) is 17.0. The van der Waals surface area contributed by atoms with Crippen LogP contribution in [-0.4, -0.2) is 78.3 Å². The quantitative estimate of drug-likeness (QED) is 0.0962. The van der Waals surface area contributed by atoms with Gasteiger partial charge in [0.1, 0.15) is 17.6 Å². The summed E-state index contributed by atoms with van der Waals surface area (Å²) in [5.74, 6) is 1.63. The van der Waals surface area contributed by atoms with Crippen LogP contribution in [0.4, 0.5) is 21.9 Å². The highest BCUT2D eigenvalue weighted by Crippen LogP contribution is 2.59. The van der Waals surface area contributed by atoms with Crippen LogP contribution in [0.15, 0.2) is 140 Å². The number of fused-ring (bicyclic) bond motifs is 8. The van der Waals surface area contributed by atoms with Crippen molar-refractivity contribution in [2.24, 2.45) is 0 Å². The van der Waals surface area contributed by atoms with Crippen LogP contribution >= 0.6 is 0 Å². The smallest absolute Gasteiger partial charge is 0.407 e. The van der Waals surface area contributed by atoms with Gasteiger partial charge >= 0.3 is 6.09 Å². The summed E-state index contributed by atoms with van der Waals surface area (Å²) in [5, 5.41) is 4.97. The molecule has 1 aliphatic carbocycles. The van der Waals surface area contributed by atoms with Crippen molar-refractivity contribution >= 4 is 40.0 Å². The highest BCUT2D eigenvalue weighted by Gasteiger charge is 2.44. The Morgan fingerprint density at radius 3 is 2.09 bits per heavy atom. The second-order valence-electron chi connectivity index (χ2n) is 18.7. The van der Waals surface area contributed by atoms with Crippen molar-refractivity contribution in [3.8, 4) is 22.6 Å². The van der Waals surface area contributed by atoms with Gasteiger partial charge in [0.05, 0.1) is 26.0 Å². The molecule has 3 heterocycles. The number of ether oxygens (including phenoxy) is 4. The Bertz CT molecular complexity index is 2770. The van der Waals surface area contributed by atoms with Gasteiger partial charge < -0.3 is 39.0 Å². The molecule has 6 aromatic carbocycles. The summed E-state index contributed by atoms with van der Waals surface area (Å²) in [6, 6.07) is 43.7. The zero-order valence-electron chi connectivity index (χ0n) is 38.6. The molecule has 66 heavy (non-hydrogen) atoms. The van der Waals surface area contributed by atoms with E-state index in [0.29, 0.717) is 45.7 Å². The average molecular weight is 881 g/mol. The number of piperazine rings is 1. The molecule has 1 atom stereocenters. The Kier molecular flexibility index (Phi) is 11.7. The lowest BCUT2D eigenvalue weighted by atomic mass is 9.76. The minimum atomic E-state index is -0.896. The third-order valence-electron chi connectivity index (χ3n) is 14.0. The zero-order valence-corrected chi connectivity index (χ0v) is 38.6. The first-order chi connectivity index (χ1) is 32.1. The third kappa shape index (κ3) is 7.93. The first-order valence-electron chi connectivity index (χ1n) is 23.5. The topological polar surface area (TPSA) is 75.7 Å². The van der Waals surface area contributed by atoms with E-state index in [9.17, 15) is 4.79 Å². The van der Waals surface area contributed by atoms with Crippen LogP contribution < -0.4 is 29.5 Å². The molecule has 338 valence electrons. The Morgan fingerprint density at radius 2 is 1.41 bits per heavy atom. The molecule has 9 heteroatoms. The SMILES string of the molecule is C=C(C)COCCNC(=O)OC1CCN(c2cc3c4c(c5c(c3cc2OC)OC(c2ccccc2)(c2ccc(N3CCN(c6ccccc6)CC3)cc2)C=C5)C(C)(C)c2ccccc2-4)CC1. The van der Waals surface area contributed by atoms with Gasteiger partial charge in [-0.25, -0.2) is 4.79 Å². The second-order valence-corrected chi connectivity index (χ2v) is 18.7. The number of nitrogens with zero attached hydrogens (tertiary/aromatic N) is 3. The molecule has 4 aliphatic rings. The van der Waals surface area contributed by atoms with E-state index >= 15 is 0 Å². The van der Waals surface area contributed by atoms with E-state index in [4.69, 9.17) is 18.9 Å². The van der Waals surface area contributed by atoms with Gasteiger partial charge in [0.25, 0.3) is 0 Å². The molecule has 1 unspecified atom stereocenters. The largest absolute Gasteiger partial charge is 0.495 e. The summed E-state index contributed by atoms with van der Waals surface area (Å²) < 4.78 is 25.4. The van der Waals surface area contributed by atoms with E-state index < -0.39 is 11.7 Å². The lowest BCUT2D eigenvalue weighted by Crippen LogP contribution is -2.46. The molecule has 9 nitrogen and oxygen atoms in total. The van der Waals surface area contributed by atoms with Gasteiger partial charge in [0, 0.05) is 97.5 Å². The van der Waals surface area contributed by atoms with Gasteiger partial charge in [0.2, 0.25) is 0 Å². The summed E-state index contributed by atoms with van der Waals surface area (Å²) in [7, 11) is 1.75. The molecule has 2 saturated heterocycles. The molecule has 10 rings (SSSR count). The molecular weight excluding hydrogens is 821 g/mol. The molecule has 1 N–H and O–H groups in total. The van der Waals surface area contributed by atoms with Gasteiger partial charge in [-0.2, -0.15) is 0 Å². The normalized spacial score (nSPS) is 18.6. The highest BCUT2D eigenvalue weighted by atomic mass is 16.6. The van der Waals surface area contributed by atoms with Crippen LogP contribution in [0, 0.1) is 0 Å². The molecule has 6 aromatic rings. The fourth-order valence-corrected chi connectivity index (χ4v) is 10.7. The first-order valence-corrected chi connectivity index (χ1v) is 23.5. The fourth-order valence-electron chi connectivity index (χ4n) is 10.7. The van der Waals surface area contributed by atoms with Crippen LogP contribution in [0.5, 0.6) is 11.5 Å². The molecule has 0 saturated carbocycles. The van der Waals surface area contributed by atoms with Crippen LogP contribution in [0.2, 0.25) is 0 Å². The van der Waals surface area contributed by atoms with Gasteiger partial charge in [-0.1, -0.05) is 117 Å². The Hall–Kier alpha value is -6.71. The van der Waals surface area contributed by atoms with Crippen LogP contribution in [0.1, 0.15) is 61.4 Å². The van der Waals surface area contributed by atoms with Gasteiger partial charge in [-0.3, -0.25) is 0 Å². The number of hydrogen-bond donors (Lipinski definition) is 1. The van der Waals surface area contributed by atoms with Crippen molar-refractivity contribution in [1.29, 1.82) is 0 Å². The number of methoxy groups -OCH3 is 1. The number of amides is 1. The summed E-state index contributed by atoms with van der Waals surface area (Å²) in [5.41, 5.74) is 11.6. The maximum atomic E-state index is 12.7. The van der Waals surface area contributed by atoms with Gasteiger partial charge in [0.15, 0.2) is 5.60 Å². The number of piperidine rings is 1. The minimum Gasteiger partial charge on any atom is -0.495 e. The van der Waals surface area contributed by atoms with Crippen molar-refractivity contribution in [2.75, 3.05) is 80.8 Å². The lowest BCUT2D eigenvalue weighted by Gasteiger charge is -2.39. The number of hydrogen-bond acceptors (Lipinski definition) is 8. The minimum absolute atomic E-state index is 0.182. The third-order valence-corrected chi connectivity index (χ3v) is 14.0. The average Bonchev–Trinajstić information content (AvgIpc) is 3.60. The maximum absolute atomic E-state index is 12.7. The standard InChI is InChI=1S/C57H60N4O5/c1-39(2)38-64-35-28-58-55(62)65-44-25-29-61(30-26-44)50-36-47-48(37-51(50)63-5)54-46(53-52(47)45-18-12-13-19-49(45)56(53,3)4)24-27-57(66-54,40-14-8-6-9-15-40)41-20-22-43(23-21-41)60-33-31-59(32-34-60)42-16-10-7-11-17-42/h6-24,27,36-37,44H,1,25-26,28-35,38H2,2-5H3,(H,58,62). The molecule has 0 aromatic heterocycles. The van der Waals surface area contributed by atoms with E-state index in [1.807, 2.05) is 6.92 Å². The highest BCUT2D eigenvalue weighted by molar-refractivity contribution is 6.10. The molecule has 0 bridgehead atoms. The number of alkyl carbamates (subject to hydrolysis) is 1. The number of nitrogens with one attached hydrogen (secondary N) is 1. The van der Waals surface area contributed by atoms with Crippen LogP contribution in [0.3, 0.4) is 0 Å². The molecular formula is C57H60N4O5. The van der Waals surface area contributed by atoms with Crippen molar-refractivity contribution in [3.63, 3.8) is 0 Å². The first kappa shape index (κ1) is 43.2. The van der Waals surface area contributed by atoms with E-state index in [0.717, 1.165) is 76.4 Å². The number of para-hydroxylation sites is 1. The molecule has 0 radical (unpaired) electrons. The van der Waals surface area contributed by atoms with Gasteiger partial charge in [-0.05, 0) is 77.0 Å². The number of carbonyl (C=O) groups excluding carboxylic acids is 1. The number of carbonyl (C=O) groups is 1. The summed E-state index contributed by atoms with van der Waals surface area (Å²) >= 11 is 0. The number of benzene rings is 6. The van der Waals surface area contributed by atoms with Crippen molar-refractivity contribution in [3.05, 3.63) is 167 Å². The van der Waals surface area contributed by atoms with Crippen molar-refractivity contribution < 1.29 is 23.7 Å². The van der Waals surface area contributed by atoms with Crippen LogP contribution in [0.25, 0.3) is 28.0 Å². The van der Waals surface area contributed by atoms with E-state index in [-0.39, 0.29) is 11.5 Å². The summed E-state index contributed by atoms with van der Waals surface area (Å²) in [4.78, 5) is 20.0. The van der Waals surface area contributed by atoms with E-state index in [1.54, 1.807) is 7.11 Å². The molecule has 0 spiro atoms. The monoisotopic (exact) mass is 880 g/mol. The Balaban J connectivity index is 0.994. The molecule has 2 fully saturated rings. The van der Waals surface area contributed by atoms with E-state index in [1.165, 1.54) is 33.6 Å². The second kappa shape index (κ2) is 17.9.